The zero-order valence-electron chi connectivity index (χ0n) is 36.0. The molecule has 0 aromatic carbocycles. The Morgan fingerprint density at radius 3 is 2.00 bits per heavy atom. The molecule has 15 heteroatoms. The summed E-state index contributed by atoms with van der Waals surface area (Å²) in [6, 6.07) is 0. The number of phosphoric acid groups is 1. The first-order valence-electron chi connectivity index (χ1n) is 22.3. The Morgan fingerprint density at radius 2 is 1.32 bits per heavy atom. The molecule has 0 aromatic rings. The molecule has 0 amide bonds. The number of ether oxygens (including phenoxy) is 3. The maximum atomic E-state index is 12.7. The van der Waals surface area contributed by atoms with Gasteiger partial charge in [-0.1, -0.05) is 121 Å². The molecule has 344 valence electrons. The summed E-state index contributed by atoms with van der Waals surface area (Å²) in [6.07, 6.45) is 25.8. The number of allylic oxidation sites excluding steroid dienone is 4. The van der Waals surface area contributed by atoms with Crippen molar-refractivity contribution in [3.63, 3.8) is 0 Å². The van der Waals surface area contributed by atoms with E-state index in [-0.39, 0.29) is 25.2 Å². The average Bonchev–Trinajstić information content (AvgIpc) is 3.20. The van der Waals surface area contributed by atoms with Gasteiger partial charge in [-0.15, -0.1) is 0 Å². The summed E-state index contributed by atoms with van der Waals surface area (Å²) >= 11 is 0. The Balaban J connectivity index is 2.52. The van der Waals surface area contributed by atoms with Crippen molar-refractivity contribution in [3.8, 4) is 0 Å². The number of unbranched alkanes of at least 4 members (excludes halogenated alkanes) is 14. The summed E-state index contributed by atoms with van der Waals surface area (Å²) in [5.41, 5.74) is 0. The van der Waals surface area contributed by atoms with Gasteiger partial charge >= 0.3 is 19.8 Å². The first-order chi connectivity index (χ1) is 28.4. The van der Waals surface area contributed by atoms with Crippen molar-refractivity contribution in [2.75, 3.05) is 26.4 Å². The highest BCUT2D eigenvalue weighted by Crippen LogP contribution is 2.43. The summed E-state index contributed by atoms with van der Waals surface area (Å²) in [5.74, 6) is -1.47. The highest BCUT2D eigenvalue weighted by Gasteiger charge is 2.35. The minimum Gasteiger partial charge on any atom is -0.462 e. The monoisotopic (exact) mass is 863 g/mol. The average molecular weight is 863 g/mol. The number of hydrogen-bond donors (Lipinski definition) is 6. The van der Waals surface area contributed by atoms with Gasteiger partial charge in [-0.25, -0.2) is 4.57 Å². The Labute approximate surface area is 354 Å². The molecule has 6 N–H and O–H groups in total. The van der Waals surface area contributed by atoms with Crippen LogP contribution in [0, 0.1) is 5.92 Å². The number of rotatable bonds is 37. The highest BCUT2D eigenvalue weighted by atomic mass is 31.2. The number of aliphatic hydroxyl groups is 5. The van der Waals surface area contributed by atoms with Gasteiger partial charge in [-0.05, 0) is 57.8 Å². The van der Waals surface area contributed by atoms with Gasteiger partial charge < -0.3 is 44.6 Å². The Bertz CT molecular complexity index is 1200. The van der Waals surface area contributed by atoms with Crippen LogP contribution in [-0.2, 0) is 37.4 Å². The summed E-state index contributed by atoms with van der Waals surface area (Å²) < 4.78 is 38.3. The molecule has 0 saturated carbocycles. The second kappa shape index (κ2) is 35.6. The fraction of sp³-hybridized carbons (Fsp3) is 0.818. The topological polar surface area (TPSA) is 219 Å². The molecule has 0 aliphatic carbocycles. The van der Waals surface area contributed by atoms with E-state index < -0.39 is 83.0 Å². The van der Waals surface area contributed by atoms with Gasteiger partial charge in [0.1, 0.15) is 12.7 Å². The standard InChI is InChI=1S/C44H79O14P/c1-3-5-7-8-9-10-11-12-13-14-15-16-17-18-23-27-42(49)54-34-38(35-56-59(52,53)55-33-37(47)32-45)57-43(50)28-24-20-19-22-26-39-40(48)31-44(51)58-41(39)30-29-36(46)25-21-6-4-2/h12-13,19,22,29-30,36-41,44-48,51H,3-11,14-18,20-21,23-28,31-35H2,1-2H3,(H,52,53)/b13-12-,22-19-,30-29+/t36-,37-,38+,39-,40-,41+,44?/m0/s1. The molecule has 0 aromatic heterocycles. The van der Waals surface area contributed by atoms with Crippen molar-refractivity contribution in [2.45, 2.75) is 198 Å². The maximum Gasteiger partial charge on any atom is 0.472 e. The van der Waals surface area contributed by atoms with Gasteiger partial charge in [-0.3, -0.25) is 18.6 Å². The molecule has 1 rings (SSSR count). The predicted molar refractivity (Wildman–Crippen MR) is 227 cm³/mol. The van der Waals surface area contributed by atoms with Gasteiger partial charge in [-0.2, -0.15) is 0 Å². The van der Waals surface area contributed by atoms with Crippen LogP contribution in [-0.4, -0.2) is 106 Å². The van der Waals surface area contributed by atoms with Crippen LogP contribution >= 0.6 is 7.82 Å². The predicted octanol–water partition coefficient (Wildman–Crippen LogP) is 7.66. The van der Waals surface area contributed by atoms with Crippen molar-refractivity contribution in [1.29, 1.82) is 0 Å². The molecule has 8 atom stereocenters. The van der Waals surface area contributed by atoms with Gasteiger partial charge in [0, 0.05) is 25.2 Å². The zero-order valence-corrected chi connectivity index (χ0v) is 36.9. The lowest BCUT2D eigenvalue weighted by Gasteiger charge is -2.36. The van der Waals surface area contributed by atoms with Gasteiger partial charge in [0.15, 0.2) is 12.4 Å². The molecule has 59 heavy (non-hydrogen) atoms. The van der Waals surface area contributed by atoms with Crippen LogP contribution in [0.3, 0.4) is 0 Å². The Kier molecular flexibility index (Phi) is 33.2. The lowest BCUT2D eigenvalue weighted by molar-refractivity contribution is -0.199. The highest BCUT2D eigenvalue weighted by molar-refractivity contribution is 7.47. The molecular weight excluding hydrogens is 783 g/mol. The maximum absolute atomic E-state index is 12.7. The number of esters is 2. The Morgan fingerprint density at radius 1 is 0.746 bits per heavy atom. The van der Waals surface area contributed by atoms with E-state index in [1.165, 1.54) is 38.5 Å². The summed E-state index contributed by atoms with van der Waals surface area (Å²) in [4.78, 5) is 35.2. The van der Waals surface area contributed by atoms with Crippen molar-refractivity contribution < 1.29 is 67.8 Å². The van der Waals surface area contributed by atoms with Crippen LogP contribution in [0.2, 0.25) is 0 Å². The third kappa shape index (κ3) is 30.7. The van der Waals surface area contributed by atoms with E-state index in [0.29, 0.717) is 32.1 Å². The fourth-order valence-electron chi connectivity index (χ4n) is 6.50. The van der Waals surface area contributed by atoms with Crippen LogP contribution in [0.1, 0.15) is 162 Å². The minimum absolute atomic E-state index is 0.0116. The van der Waals surface area contributed by atoms with E-state index >= 15 is 0 Å². The number of carbonyl (C=O) groups excluding carboxylic acids is 2. The van der Waals surface area contributed by atoms with Crippen LogP contribution in [0.5, 0.6) is 0 Å². The molecule has 0 radical (unpaired) electrons. The Hall–Kier alpha value is -1.97. The molecular formula is C44H79O14P. The molecule has 2 unspecified atom stereocenters. The van der Waals surface area contributed by atoms with Crippen LogP contribution in [0.25, 0.3) is 0 Å². The summed E-state index contributed by atoms with van der Waals surface area (Å²) in [7, 11) is -4.70. The van der Waals surface area contributed by atoms with Crippen molar-refractivity contribution >= 4 is 19.8 Å². The van der Waals surface area contributed by atoms with E-state index in [2.05, 4.69) is 30.5 Å². The molecule has 1 aliphatic rings. The fourth-order valence-corrected chi connectivity index (χ4v) is 7.29. The quantitative estimate of drug-likeness (QED) is 0.0153. The second-order valence-corrected chi connectivity index (χ2v) is 17.0. The molecule has 1 fully saturated rings. The lowest BCUT2D eigenvalue weighted by atomic mass is 9.87. The van der Waals surface area contributed by atoms with E-state index in [1.54, 1.807) is 12.2 Å². The van der Waals surface area contributed by atoms with E-state index in [1.807, 2.05) is 12.2 Å². The minimum atomic E-state index is -4.70. The molecule has 1 saturated heterocycles. The summed E-state index contributed by atoms with van der Waals surface area (Å²) in [6.45, 7) is 1.94. The molecule has 14 nitrogen and oxygen atoms in total. The number of aliphatic hydroxyl groups excluding tert-OH is 5. The van der Waals surface area contributed by atoms with E-state index in [9.17, 15) is 39.5 Å². The largest absolute Gasteiger partial charge is 0.472 e. The first kappa shape index (κ1) is 55.0. The van der Waals surface area contributed by atoms with Crippen molar-refractivity contribution in [1.82, 2.24) is 0 Å². The SMILES string of the molecule is CCCCCCCC/C=C\CCCCCCCC(=O)OC[C@H](COP(=O)(O)OC[C@@H](O)CO)OC(=O)CCC/C=C\C[C@H]1[C@@H](O)CC(O)O[C@@H]1/C=C/[C@@H](O)CCCCC. The van der Waals surface area contributed by atoms with Gasteiger partial charge in [0.05, 0.1) is 38.1 Å². The molecule has 0 bridgehead atoms. The van der Waals surface area contributed by atoms with Crippen molar-refractivity contribution in [3.05, 3.63) is 36.5 Å². The van der Waals surface area contributed by atoms with Gasteiger partial charge in [0.2, 0.25) is 0 Å². The smallest absolute Gasteiger partial charge is 0.462 e. The molecule has 1 aliphatic heterocycles. The van der Waals surface area contributed by atoms with Crippen LogP contribution in [0.4, 0.5) is 0 Å². The number of carbonyl (C=O) groups is 2. The summed E-state index contributed by atoms with van der Waals surface area (Å²) in [5, 5.41) is 49.3. The number of phosphoric ester groups is 1. The van der Waals surface area contributed by atoms with Gasteiger partial charge in [0.25, 0.3) is 0 Å². The zero-order chi connectivity index (χ0) is 43.6. The number of hydrogen-bond acceptors (Lipinski definition) is 13. The lowest BCUT2D eigenvalue weighted by Crippen LogP contribution is -2.43. The van der Waals surface area contributed by atoms with E-state index in [4.69, 9.17) is 23.8 Å². The molecule has 0 spiro atoms. The molecule has 1 heterocycles. The van der Waals surface area contributed by atoms with Crippen LogP contribution in [0.15, 0.2) is 36.5 Å². The second-order valence-electron chi connectivity index (χ2n) is 15.6. The van der Waals surface area contributed by atoms with Crippen LogP contribution < -0.4 is 0 Å². The first-order valence-corrected chi connectivity index (χ1v) is 23.8. The normalized spacial score (nSPS) is 21.2. The third-order valence-electron chi connectivity index (χ3n) is 10.1. The third-order valence-corrected chi connectivity index (χ3v) is 11.0. The van der Waals surface area contributed by atoms with Crippen molar-refractivity contribution in [2.24, 2.45) is 5.92 Å². The van der Waals surface area contributed by atoms with E-state index in [0.717, 1.165) is 57.8 Å².